The van der Waals surface area contributed by atoms with E-state index in [1.54, 1.807) is 0 Å². The zero-order valence-electron chi connectivity index (χ0n) is 22.1. The van der Waals surface area contributed by atoms with Crippen molar-refractivity contribution in [1.29, 1.82) is 0 Å². The van der Waals surface area contributed by atoms with Crippen LogP contribution in [0.1, 0.15) is 45.1 Å². The number of benzene rings is 1. The lowest BCUT2D eigenvalue weighted by atomic mass is 10.0. The normalized spacial score (nSPS) is 14.1. The van der Waals surface area contributed by atoms with Crippen molar-refractivity contribution in [2.75, 3.05) is 13.1 Å². The van der Waals surface area contributed by atoms with Crippen LogP contribution in [0.5, 0.6) is 0 Å². The van der Waals surface area contributed by atoms with Gasteiger partial charge in [-0.15, -0.1) is 0 Å². The minimum absolute atomic E-state index is 0.111. The van der Waals surface area contributed by atoms with E-state index >= 15 is 0 Å². The first-order valence-electron chi connectivity index (χ1n) is 12.6. The molecular weight excluding hydrogens is 492 g/mol. The lowest BCUT2D eigenvalue weighted by molar-refractivity contribution is -0.133. The van der Waals surface area contributed by atoms with Gasteiger partial charge in [-0.1, -0.05) is 44.2 Å². The smallest absolute Gasteiger partial charge is 0.243 e. The fraction of sp³-hybridized carbons (Fsp3) is 0.560. The summed E-state index contributed by atoms with van der Waals surface area (Å²) in [6, 6.07) is 6.37. The number of carbonyl (C=O) groups is 4. The van der Waals surface area contributed by atoms with Gasteiger partial charge in [0.15, 0.2) is 5.96 Å². The zero-order valence-corrected chi connectivity index (χ0v) is 22.1. The van der Waals surface area contributed by atoms with Gasteiger partial charge in [0, 0.05) is 13.1 Å². The Morgan fingerprint density at radius 2 is 1.53 bits per heavy atom. The van der Waals surface area contributed by atoms with Crippen molar-refractivity contribution >= 4 is 29.6 Å². The van der Waals surface area contributed by atoms with E-state index in [2.05, 4.69) is 20.9 Å². The minimum Gasteiger partial charge on any atom is -0.391 e. The molecule has 1 aromatic carbocycles. The van der Waals surface area contributed by atoms with E-state index < -0.39 is 54.3 Å². The van der Waals surface area contributed by atoms with Gasteiger partial charge in [0.25, 0.3) is 0 Å². The summed E-state index contributed by atoms with van der Waals surface area (Å²) in [5.41, 5.74) is 22.1. The molecule has 0 aliphatic rings. The van der Waals surface area contributed by atoms with Crippen molar-refractivity contribution in [2.24, 2.45) is 33.8 Å². The third-order valence-electron chi connectivity index (χ3n) is 5.58. The van der Waals surface area contributed by atoms with Gasteiger partial charge in [-0.3, -0.25) is 24.2 Å². The highest BCUT2D eigenvalue weighted by Crippen LogP contribution is 2.09. The molecule has 0 aromatic heterocycles. The van der Waals surface area contributed by atoms with Crippen LogP contribution in [0.4, 0.5) is 0 Å². The maximum Gasteiger partial charge on any atom is 0.243 e. The van der Waals surface area contributed by atoms with Crippen molar-refractivity contribution in [1.82, 2.24) is 16.0 Å². The molecule has 38 heavy (non-hydrogen) atoms. The van der Waals surface area contributed by atoms with Gasteiger partial charge in [-0.2, -0.15) is 0 Å². The summed E-state index contributed by atoms with van der Waals surface area (Å²) < 4.78 is 0. The second-order valence-corrected chi connectivity index (χ2v) is 9.58. The maximum absolute atomic E-state index is 13.2. The summed E-state index contributed by atoms with van der Waals surface area (Å²) in [6.45, 7) is 4.26. The Morgan fingerprint density at radius 1 is 0.921 bits per heavy atom. The first kappa shape index (κ1) is 32.3. The molecule has 1 rings (SSSR count). The molecule has 0 bridgehead atoms. The largest absolute Gasteiger partial charge is 0.391 e. The highest BCUT2D eigenvalue weighted by molar-refractivity contribution is 5.94. The third kappa shape index (κ3) is 13.6. The quantitative estimate of drug-likeness (QED) is 0.0592. The van der Waals surface area contributed by atoms with E-state index in [-0.39, 0.29) is 31.4 Å². The summed E-state index contributed by atoms with van der Waals surface area (Å²) in [5.74, 6) is -2.90. The molecule has 0 spiro atoms. The number of hydrogen-bond acceptors (Lipinski definition) is 7. The highest BCUT2D eigenvalue weighted by Gasteiger charge is 2.29. The monoisotopic (exact) mass is 534 g/mol. The molecule has 1 aromatic rings. The Kier molecular flexibility index (Phi) is 14.4. The molecule has 0 radical (unpaired) electrons. The van der Waals surface area contributed by atoms with Crippen LogP contribution >= 0.6 is 0 Å². The van der Waals surface area contributed by atoms with Gasteiger partial charge in [-0.05, 0) is 37.2 Å². The molecule has 1 unspecified atom stereocenters. The number of hydrogen-bond donors (Lipinski definition) is 8. The summed E-state index contributed by atoms with van der Waals surface area (Å²) in [7, 11) is 0. The molecule has 4 amide bonds. The number of aliphatic hydroxyl groups is 1. The molecule has 13 heteroatoms. The average Bonchev–Trinajstić information content (AvgIpc) is 2.82. The second kappa shape index (κ2) is 16.9. The van der Waals surface area contributed by atoms with Crippen LogP contribution in [-0.2, 0) is 25.6 Å². The summed E-state index contributed by atoms with van der Waals surface area (Å²) in [5, 5.41) is 18.7. The predicted octanol–water partition coefficient (Wildman–Crippen LogP) is -2.02. The predicted molar refractivity (Wildman–Crippen MR) is 144 cm³/mol. The molecule has 0 aliphatic carbocycles. The molecule has 0 fully saturated rings. The van der Waals surface area contributed by atoms with Crippen LogP contribution in [0.25, 0.3) is 0 Å². The van der Waals surface area contributed by atoms with E-state index in [4.69, 9.17) is 22.9 Å². The molecular formula is C25H42N8O5. The number of guanidine groups is 1. The van der Waals surface area contributed by atoms with Crippen LogP contribution in [0.2, 0.25) is 0 Å². The van der Waals surface area contributed by atoms with Gasteiger partial charge in [0.2, 0.25) is 23.6 Å². The Labute approximate surface area is 223 Å². The van der Waals surface area contributed by atoms with Crippen LogP contribution in [-0.4, -0.2) is 72.0 Å². The first-order chi connectivity index (χ1) is 17.9. The molecule has 13 nitrogen and oxygen atoms in total. The molecule has 4 atom stereocenters. The lowest BCUT2D eigenvalue weighted by Crippen LogP contribution is -2.57. The second-order valence-electron chi connectivity index (χ2n) is 9.58. The molecule has 0 aliphatic heterocycles. The van der Waals surface area contributed by atoms with Gasteiger partial charge in [0.05, 0.1) is 18.6 Å². The third-order valence-corrected chi connectivity index (χ3v) is 5.58. The molecule has 0 heterocycles. The van der Waals surface area contributed by atoms with Gasteiger partial charge in [-0.25, -0.2) is 0 Å². The minimum atomic E-state index is -1.32. The number of nitrogens with one attached hydrogen (secondary N) is 3. The average molecular weight is 535 g/mol. The number of primary amides is 2. The zero-order chi connectivity index (χ0) is 28.7. The van der Waals surface area contributed by atoms with E-state index in [1.807, 2.05) is 44.2 Å². The van der Waals surface area contributed by atoms with Crippen molar-refractivity contribution in [3.63, 3.8) is 0 Å². The topological polar surface area (TPSA) is 241 Å². The van der Waals surface area contributed by atoms with E-state index in [9.17, 15) is 24.3 Å². The lowest BCUT2D eigenvalue weighted by Gasteiger charge is -2.26. The van der Waals surface area contributed by atoms with Crippen molar-refractivity contribution < 1.29 is 24.3 Å². The molecule has 12 N–H and O–H groups in total. The van der Waals surface area contributed by atoms with Crippen molar-refractivity contribution in [3.8, 4) is 0 Å². The molecule has 0 saturated carbocycles. The van der Waals surface area contributed by atoms with Gasteiger partial charge < -0.3 is 44.0 Å². The number of amides is 4. The number of rotatable bonds is 18. The van der Waals surface area contributed by atoms with E-state index in [0.29, 0.717) is 19.3 Å². The standard InChI is InChI=1S/C25H42N8O5/c1-15(2)11-20(31-14-17(34)12-16-7-4-3-5-8-16)24(38)32-18(9-6-10-30-25(28)29)23(37)33-19(22(27)36)13-21(26)35/h3-5,7-8,15,17-20,31,34H,6,9-14H2,1-2H3,(H2,26,35)(H2,27,36)(H,32,38)(H,33,37)(H4,28,29,30)/t17?,18-,19-,20-/m0/s1. The van der Waals surface area contributed by atoms with Crippen molar-refractivity contribution in [2.45, 2.75) is 70.2 Å². The number of aliphatic imine (C=N–C) groups is 1. The summed E-state index contributed by atoms with van der Waals surface area (Å²) >= 11 is 0. The number of aliphatic hydroxyl groups excluding tert-OH is 1. The number of nitrogens with two attached hydrogens (primary N) is 4. The van der Waals surface area contributed by atoms with Crippen LogP contribution in [0, 0.1) is 5.92 Å². The fourth-order valence-corrected chi connectivity index (χ4v) is 3.73. The van der Waals surface area contributed by atoms with Crippen LogP contribution < -0.4 is 38.9 Å². The van der Waals surface area contributed by atoms with E-state index in [0.717, 1.165) is 5.56 Å². The summed E-state index contributed by atoms with van der Waals surface area (Å²) in [6.07, 6.45) is 0.120. The Morgan fingerprint density at radius 3 is 2.08 bits per heavy atom. The fourth-order valence-electron chi connectivity index (χ4n) is 3.73. The maximum atomic E-state index is 13.2. The van der Waals surface area contributed by atoms with Crippen molar-refractivity contribution in [3.05, 3.63) is 35.9 Å². The first-order valence-corrected chi connectivity index (χ1v) is 12.6. The Balaban J connectivity index is 2.93. The Bertz CT molecular complexity index is 937. The number of nitrogens with zero attached hydrogens (tertiary/aromatic N) is 1. The summed E-state index contributed by atoms with van der Waals surface area (Å²) in [4.78, 5) is 53.1. The Hall–Kier alpha value is -3.71. The molecule has 212 valence electrons. The van der Waals surface area contributed by atoms with Gasteiger partial charge in [0.1, 0.15) is 12.1 Å². The van der Waals surface area contributed by atoms with Gasteiger partial charge >= 0.3 is 0 Å². The van der Waals surface area contributed by atoms with Crippen LogP contribution in [0.15, 0.2) is 35.3 Å². The molecule has 0 saturated heterocycles. The number of carbonyl (C=O) groups excluding carboxylic acids is 4. The van der Waals surface area contributed by atoms with E-state index in [1.165, 1.54) is 0 Å². The van der Waals surface area contributed by atoms with Crippen LogP contribution in [0.3, 0.4) is 0 Å². The SMILES string of the molecule is CC(C)C[C@H](NCC(O)Cc1ccccc1)C(=O)N[C@@H](CCCN=C(N)N)C(=O)N[C@@H](CC(N)=O)C(N)=O. The highest BCUT2D eigenvalue weighted by atomic mass is 16.3.